The third kappa shape index (κ3) is 5.49. The zero-order valence-corrected chi connectivity index (χ0v) is 13.6. The summed E-state index contributed by atoms with van der Waals surface area (Å²) in [6.45, 7) is 2.02. The summed E-state index contributed by atoms with van der Waals surface area (Å²) in [4.78, 5) is 36.4. The van der Waals surface area contributed by atoms with E-state index < -0.39 is 12.1 Å². The monoisotopic (exact) mass is 326 g/mol. The molecule has 23 heavy (non-hydrogen) atoms. The maximum atomic E-state index is 12.1. The van der Waals surface area contributed by atoms with E-state index in [1.807, 2.05) is 0 Å². The maximum absolute atomic E-state index is 12.1. The highest BCUT2D eigenvalue weighted by Gasteiger charge is 2.32. The Labute approximate surface area is 136 Å². The van der Waals surface area contributed by atoms with Crippen LogP contribution in [0.2, 0.25) is 0 Å². The second-order valence-corrected chi connectivity index (χ2v) is 6.54. The lowest BCUT2D eigenvalue weighted by Crippen LogP contribution is -2.53. The van der Waals surface area contributed by atoms with Gasteiger partial charge in [0.1, 0.15) is 0 Å². The number of carboxylic acid groups (broad SMARTS) is 1. The second kappa shape index (κ2) is 8.29. The molecule has 0 aromatic carbocycles. The van der Waals surface area contributed by atoms with E-state index in [2.05, 4.69) is 5.32 Å². The normalized spacial score (nSPS) is 25.3. The van der Waals surface area contributed by atoms with Gasteiger partial charge in [0.15, 0.2) is 6.10 Å². The number of ether oxygens (including phenoxy) is 1. The number of nitrogens with zero attached hydrogens (tertiary/aromatic N) is 1. The standard InChI is InChI=1S/C16H26N2O5/c1-11-9-18(10-13(23-11)16(21)22)15(20)8-17-14(19)7-6-12-4-2-3-5-12/h11-13H,2-10H2,1H3,(H,17,19)(H,21,22)/t11-,13?/m1/s1. The summed E-state index contributed by atoms with van der Waals surface area (Å²) >= 11 is 0. The van der Waals surface area contributed by atoms with Crippen molar-refractivity contribution in [2.75, 3.05) is 19.6 Å². The Morgan fingerprint density at radius 2 is 1.91 bits per heavy atom. The molecule has 130 valence electrons. The molecule has 1 unspecified atom stereocenters. The Hall–Kier alpha value is -1.63. The molecule has 1 aliphatic carbocycles. The van der Waals surface area contributed by atoms with Gasteiger partial charge < -0.3 is 20.1 Å². The zero-order valence-electron chi connectivity index (χ0n) is 13.6. The molecule has 0 aromatic rings. The van der Waals surface area contributed by atoms with Gasteiger partial charge in [-0.15, -0.1) is 0 Å². The van der Waals surface area contributed by atoms with Gasteiger partial charge in [0, 0.05) is 13.0 Å². The van der Waals surface area contributed by atoms with E-state index in [9.17, 15) is 14.4 Å². The Balaban J connectivity index is 1.70. The molecule has 2 atom stereocenters. The molecule has 0 spiro atoms. The molecule has 0 aromatic heterocycles. The lowest BCUT2D eigenvalue weighted by molar-refractivity contribution is -0.166. The fraction of sp³-hybridized carbons (Fsp3) is 0.812. The highest BCUT2D eigenvalue weighted by atomic mass is 16.5. The van der Waals surface area contributed by atoms with Crippen LogP contribution in [0.1, 0.15) is 45.4 Å². The number of nitrogens with one attached hydrogen (secondary N) is 1. The predicted molar refractivity (Wildman–Crippen MR) is 82.8 cm³/mol. The van der Waals surface area contributed by atoms with Crippen molar-refractivity contribution < 1.29 is 24.2 Å². The maximum Gasteiger partial charge on any atom is 0.334 e. The zero-order chi connectivity index (χ0) is 16.8. The molecule has 7 heteroatoms. The average Bonchev–Trinajstić information content (AvgIpc) is 3.03. The summed E-state index contributed by atoms with van der Waals surface area (Å²) in [5.41, 5.74) is 0. The SMILES string of the molecule is C[C@@H]1CN(C(=O)CNC(=O)CCC2CCCC2)CC(C(=O)O)O1. The van der Waals surface area contributed by atoms with Crippen molar-refractivity contribution in [1.82, 2.24) is 10.2 Å². The summed E-state index contributed by atoms with van der Waals surface area (Å²) in [5, 5.41) is 11.7. The molecule has 1 aliphatic heterocycles. The third-order valence-electron chi connectivity index (χ3n) is 4.58. The van der Waals surface area contributed by atoms with Crippen LogP contribution >= 0.6 is 0 Å². The molecule has 2 amide bonds. The summed E-state index contributed by atoms with van der Waals surface area (Å²) in [5.74, 6) is -0.801. The number of carboxylic acids is 1. The Morgan fingerprint density at radius 3 is 2.57 bits per heavy atom. The van der Waals surface area contributed by atoms with E-state index in [1.54, 1.807) is 6.92 Å². The molecule has 2 rings (SSSR count). The van der Waals surface area contributed by atoms with E-state index in [0.717, 1.165) is 6.42 Å². The van der Waals surface area contributed by atoms with Gasteiger partial charge >= 0.3 is 5.97 Å². The number of hydrogen-bond acceptors (Lipinski definition) is 4. The molecule has 7 nitrogen and oxygen atoms in total. The molecular weight excluding hydrogens is 300 g/mol. The lowest BCUT2D eigenvalue weighted by atomic mass is 10.0. The van der Waals surface area contributed by atoms with Gasteiger partial charge in [0.05, 0.1) is 19.2 Å². The number of hydrogen-bond donors (Lipinski definition) is 2. The van der Waals surface area contributed by atoms with Crippen LogP contribution in [0, 0.1) is 5.92 Å². The van der Waals surface area contributed by atoms with Gasteiger partial charge in [-0.1, -0.05) is 25.7 Å². The largest absolute Gasteiger partial charge is 0.479 e. The third-order valence-corrected chi connectivity index (χ3v) is 4.58. The van der Waals surface area contributed by atoms with E-state index in [0.29, 0.717) is 18.9 Å². The van der Waals surface area contributed by atoms with Gasteiger partial charge in [-0.05, 0) is 19.3 Å². The predicted octanol–water partition coefficient (Wildman–Crippen LogP) is 0.774. The van der Waals surface area contributed by atoms with Crippen LogP contribution in [0.5, 0.6) is 0 Å². The Morgan fingerprint density at radius 1 is 1.22 bits per heavy atom. The summed E-state index contributed by atoms with van der Waals surface area (Å²) in [6, 6.07) is 0. The quantitative estimate of drug-likeness (QED) is 0.752. The first kappa shape index (κ1) is 17.7. The summed E-state index contributed by atoms with van der Waals surface area (Å²) < 4.78 is 5.27. The number of amides is 2. The van der Waals surface area contributed by atoms with Gasteiger partial charge in [-0.2, -0.15) is 0 Å². The first-order valence-corrected chi connectivity index (χ1v) is 8.38. The fourth-order valence-electron chi connectivity index (χ4n) is 3.30. The smallest absolute Gasteiger partial charge is 0.334 e. The minimum atomic E-state index is -1.07. The van der Waals surface area contributed by atoms with Crippen LogP contribution in [0.25, 0.3) is 0 Å². The van der Waals surface area contributed by atoms with E-state index in [-0.39, 0.29) is 31.0 Å². The number of morpholine rings is 1. The first-order valence-electron chi connectivity index (χ1n) is 8.38. The van der Waals surface area contributed by atoms with Crippen molar-refractivity contribution in [3.05, 3.63) is 0 Å². The number of carbonyl (C=O) groups is 3. The Bertz CT molecular complexity index is 448. The van der Waals surface area contributed by atoms with E-state index in [1.165, 1.54) is 30.6 Å². The van der Waals surface area contributed by atoms with Crippen LogP contribution in [-0.4, -0.2) is 59.6 Å². The van der Waals surface area contributed by atoms with Gasteiger partial charge in [-0.25, -0.2) is 4.79 Å². The Kier molecular flexibility index (Phi) is 6.38. The van der Waals surface area contributed by atoms with Crippen LogP contribution in [0.15, 0.2) is 0 Å². The van der Waals surface area contributed by atoms with Crippen molar-refractivity contribution in [2.45, 2.75) is 57.7 Å². The molecule has 0 bridgehead atoms. The molecule has 2 aliphatic rings. The number of carbonyl (C=O) groups excluding carboxylic acids is 2. The van der Waals surface area contributed by atoms with Gasteiger partial charge in [0.2, 0.25) is 11.8 Å². The van der Waals surface area contributed by atoms with Crippen LogP contribution < -0.4 is 5.32 Å². The minimum absolute atomic E-state index is 0.0243. The van der Waals surface area contributed by atoms with Crippen molar-refractivity contribution in [3.63, 3.8) is 0 Å². The highest BCUT2D eigenvalue weighted by molar-refractivity contribution is 5.85. The molecule has 0 radical (unpaired) electrons. The van der Waals surface area contributed by atoms with E-state index >= 15 is 0 Å². The number of aliphatic carboxylic acids is 1. The molecule has 1 saturated heterocycles. The van der Waals surface area contributed by atoms with Crippen molar-refractivity contribution in [3.8, 4) is 0 Å². The van der Waals surface area contributed by atoms with Gasteiger partial charge in [-0.3, -0.25) is 9.59 Å². The minimum Gasteiger partial charge on any atom is -0.479 e. The second-order valence-electron chi connectivity index (χ2n) is 6.54. The average molecular weight is 326 g/mol. The van der Waals surface area contributed by atoms with Crippen LogP contribution in [0.4, 0.5) is 0 Å². The molecule has 1 heterocycles. The van der Waals surface area contributed by atoms with Crippen molar-refractivity contribution in [2.24, 2.45) is 5.92 Å². The van der Waals surface area contributed by atoms with Crippen LogP contribution in [0.3, 0.4) is 0 Å². The molecule has 2 fully saturated rings. The topological polar surface area (TPSA) is 95.9 Å². The van der Waals surface area contributed by atoms with Crippen LogP contribution in [-0.2, 0) is 19.1 Å². The molecule has 2 N–H and O–H groups in total. The van der Waals surface area contributed by atoms with E-state index in [4.69, 9.17) is 9.84 Å². The van der Waals surface area contributed by atoms with Crippen molar-refractivity contribution in [1.29, 1.82) is 0 Å². The van der Waals surface area contributed by atoms with Crippen molar-refractivity contribution >= 4 is 17.8 Å². The summed E-state index contributed by atoms with van der Waals surface area (Å²) in [7, 11) is 0. The first-order chi connectivity index (χ1) is 11.0. The lowest BCUT2D eigenvalue weighted by Gasteiger charge is -2.35. The number of rotatable bonds is 6. The summed E-state index contributed by atoms with van der Waals surface area (Å²) in [6.07, 6.45) is 4.93. The molecular formula is C16H26N2O5. The highest BCUT2D eigenvalue weighted by Crippen LogP contribution is 2.28. The van der Waals surface area contributed by atoms with Gasteiger partial charge in [0.25, 0.3) is 0 Å². The molecule has 1 saturated carbocycles. The fourth-order valence-corrected chi connectivity index (χ4v) is 3.30.